The van der Waals surface area contributed by atoms with E-state index in [1.807, 2.05) is 31.2 Å². The van der Waals surface area contributed by atoms with E-state index in [0.29, 0.717) is 17.5 Å². The summed E-state index contributed by atoms with van der Waals surface area (Å²) in [6.07, 6.45) is 0. The molecule has 0 spiro atoms. The summed E-state index contributed by atoms with van der Waals surface area (Å²) >= 11 is 1.34. The summed E-state index contributed by atoms with van der Waals surface area (Å²) < 4.78 is 5.40. The molecule has 0 unspecified atom stereocenters. The van der Waals surface area contributed by atoms with Crippen molar-refractivity contribution in [3.8, 4) is 5.75 Å². The highest BCUT2D eigenvalue weighted by Gasteiger charge is 2.29. The second-order valence-electron chi connectivity index (χ2n) is 4.85. The Hall–Kier alpha value is -2.15. The molecule has 0 aliphatic carbocycles. The van der Waals surface area contributed by atoms with Gasteiger partial charge >= 0.3 is 0 Å². The maximum Gasteiger partial charge on any atom is 0.241 e. The highest BCUT2D eigenvalue weighted by Crippen LogP contribution is 2.25. The Kier molecular flexibility index (Phi) is 5.32. The topological polar surface area (TPSA) is 66.0 Å². The van der Waals surface area contributed by atoms with E-state index in [2.05, 4.69) is 22.4 Å². The number of nitrogens with zero attached hydrogens (tertiary/aromatic N) is 2. The van der Waals surface area contributed by atoms with Crippen LogP contribution in [0.25, 0.3) is 0 Å². The second kappa shape index (κ2) is 7.22. The fourth-order valence-electron chi connectivity index (χ4n) is 1.80. The van der Waals surface area contributed by atoms with Crippen molar-refractivity contribution in [2.45, 2.75) is 12.2 Å². The van der Waals surface area contributed by atoms with Gasteiger partial charge < -0.3 is 15.1 Å². The molecule has 1 amide bonds. The number of carbonyl (C=O) groups excluding carboxylic acids is 1. The van der Waals surface area contributed by atoms with Crippen molar-refractivity contribution in [2.75, 3.05) is 20.7 Å². The third-order valence-corrected chi connectivity index (χ3v) is 4.06. The summed E-state index contributed by atoms with van der Waals surface area (Å²) in [5, 5.41) is 0.231. The first-order valence-electron chi connectivity index (χ1n) is 6.91. The van der Waals surface area contributed by atoms with Crippen LogP contribution in [0.1, 0.15) is 6.92 Å². The summed E-state index contributed by atoms with van der Waals surface area (Å²) in [4.78, 5) is 18.2. The number of hydrogen-bond acceptors (Lipinski definition) is 5. The Morgan fingerprint density at radius 1 is 1.36 bits per heavy atom. The molecule has 1 atom stereocenters. The summed E-state index contributed by atoms with van der Waals surface area (Å²) in [6, 6.07) is 7.47. The highest BCUT2D eigenvalue weighted by molar-refractivity contribution is 8.15. The van der Waals surface area contributed by atoms with Gasteiger partial charge in [0.1, 0.15) is 11.0 Å². The predicted molar refractivity (Wildman–Crippen MR) is 90.2 cm³/mol. The fraction of sp³-hybridized carbons (Fsp3) is 0.333. The average Bonchev–Trinajstić information content (AvgIpc) is 2.50. The van der Waals surface area contributed by atoms with E-state index in [0.717, 1.165) is 11.4 Å². The number of benzene rings is 1. The molecular formula is C15H20N4O2S. The summed E-state index contributed by atoms with van der Waals surface area (Å²) in [5.74, 6) is 0.784. The van der Waals surface area contributed by atoms with Crippen LogP contribution in [0.5, 0.6) is 5.75 Å². The van der Waals surface area contributed by atoms with E-state index >= 15 is 0 Å². The predicted octanol–water partition coefficient (Wildman–Crippen LogP) is 1.88. The van der Waals surface area contributed by atoms with Crippen LogP contribution in [0.2, 0.25) is 0 Å². The van der Waals surface area contributed by atoms with Crippen molar-refractivity contribution in [1.29, 1.82) is 0 Å². The molecule has 1 saturated heterocycles. The van der Waals surface area contributed by atoms with Crippen molar-refractivity contribution in [3.05, 3.63) is 36.5 Å². The smallest absolute Gasteiger partial charge is 0.241 e. The molecule has 2 N–H and O–H groups in total. The van der Waals surface area contributed by atoms with E-state index in [4.69, 9.17) is 4.74 Å². The third-order valence-electron chi connectivity index (χ3n) is 2.92. The first-order chi connectivity index (χ1) is 10.5. The Labute approximate surface area is 134 Å². The van der Waals surface area contributed by atoms with E-state index in [1.54, 1.807) is 19.0 Å². The Balaban J connectivity index is 2.11. The molecule has 0 bridgehead atoms. The molecule has 1 aromatic carbocycles. The van der Waals surface area contributed by atoms with Crippen LogP contribution >= 0.6 is 11.8 Å². The van der Waals surface area contributed by atoms with Gasteiger partial charge in [-0.05, 0) is 31.2 Å². The minimum atomic E-state index is -0.391. The molecule has 1 aromatic rings. The van der Waals surface area contributed by atoms with Gasteiger partial charge in [-0.3, -0.25) is 10.2 Å². The zero-order valence-corrected chi connectivity index (χ0v) is 13.7. The Morgan fingerprint density at radius 2 is 2.05 bits per heavy atom. The minimum Gasteiger partial charge on any atom is -0.494 e. The van der Waals surface area contributed by atoms with Gasteiger partial charge in [0.2, 0.25) is 5.91 Å². The van der Waals surface area contributed by atoms with Gasteiger partial charge in [-0.1, -0.05) is 18.3 Å². The van der Waals surface area contributed by atoms with Gasteiger partial charge in [-0.15, -0.1) is 0 Å². The molecule has 0 aromatic heterocycles. The van der Waals surface area contributed by atoms with Gasteiger partial charge in [-0.2, -0.15) is 0 Å². The largest absolute Gasteiger partial charge is 0.494 e. The van der Waals surface area contributed by atoms with Gasteiger partial charge in [-0.25, -0.2) is 4.99 Å². The first-order valence-corrected chi connectivity index (χ1v) is 7.79. The maximum absolute atomic E-state index is 12.1. The number of rotatable bonds is 4. The number of amides is 1. The van der Waals surface area contributed by atoms with Crippen LogP contribution < -0.4 is 15.6 Å². The van der Waals surface area contributed by atoms with E-state index < -0.39 is 5.25 Å². The first kappa shape index (κ1) is 16.2. The molecule has 1 aliphatic heterocycles. The zero-order valence-electron chi connectivity index (χ0n) is 12.9. The monoisotopic (exact) mass is 320 g/mol. The molecule has 118 valence electrons. The number of thioether (sulfide) groups is 1. The molecule has 1 fully saturated rings. The quantitative estimate of drug-likeness (QED) is 0.887. The zero-order chi connectivity index (χ0) is 16.1. The van der Waals surface area contributed by atoms with E-state index in [1.165, 1.54) is 11.8 Å². The van der Waals surface area contributed by atoms with Gasteiger partial charge in [0.25, 0.3) is 0 Å². The molecule has 22 heavy (non-hydrogen) atoms. The lowest BCUT2D eigenvalue weighted by Crippen LogP contribution is -2.48. The van der Waals surface area contributed by atoms with Crippen LogP contribution in [-0.2, 0) is 4.79 Å². The number of nitrogens with one attached hydrogen (secondary N) is 2. The number of hydrazine groups is 1. The fourth-order valence-corrected chi connectivity index (χ4v) is 2.80. The second-order valence-corrected chi connectivity index (χ2v) is 5.94. The van der Waals surface area contributed by atoms with Crippen molar-refractivity contribution >= 4 is 28.5 Å². The van der Waals surface area contributed by atoms with Crippen LogP contribution in [0.4, 0.5) is 5.69 Å². The van der Waals surface area contributed by atoms with Crippen LogP contribution in [0.3, 0.4) is 0 Å². The lowest BCUT2D eigenvalue weighted by atomic mass is 10.3. The van der Waals surface area contributed by atoms with E-state index in [-0.39, 0.29) is 5.91 Å². The number of amidine groups is 1. The number of carbonyl (C=O) groups is 1. The van der Waals surface area contributed by atoms with Crippen molar-refractivity contribution < 1.29 is 9.53 Å². The van der Waals surface area contributed by atoms with Crippen molar-refractivity contribution in [3.63, 3.8) is 0 Å². The summed E-state index contributed by atoms with van der Waals surface area (Å²) in [5.41, 5.74) is 7.25. The lowest BCUT2D eigenvalue weighted by molar-refractivity contribution is -0.127. The van der Waals surface area contributed by atoms with Crippen LogP contribution in [-0.4, -0.2) is 41.9 Å². The highest BCUT2D eigenvalue weighted by atomic mass is 32.2. The van der Waals surface area contributed by atoms with Crippen molar-refractivity contribution in [1.82, 2.24) is 15.8 Å². The van der Waals surface area contributed by atoms with Crippen molar-refractivity contribution in [2.24, 2.45) is 4.99 Å². The summed E-state index contributed by atoms with van der Waals surface area (Å²) in [7, 11) is 3.45. The molecule has 6 nitrogen and oxygen atoms in total. The molecule has 0 radical (unpaired) electrons. The number of ether oxygens (including phenoxy) is 1. The Morgan fingerprint density at radius 3 is 2.64 bits per heavy atom. The molecular weight excluding hydrogens is 300 g/mol. The molecule has 0 saturated carbocycles. The number of hydrogen-bond donors (Lipinski definition) is 2. The minimum absolute atomic E-state index is 0.0246. The van der Waals surface area contributed by atoms with E-state index in [9.17, 15) is 4.79 Å². The molecule has 2 rings (SSSR count). The third kappa shape index (κ3) is 3.94. The standard InChI is InChI=1S/C15H20N4O2S/c1-5-21-12-8-6-11(7-9-12)16-15-18-17-10(2)13(22-15)14(20)19(3)4/h6-9,13,17H,2,5H2,1,3-4H3,(H,16,18)/t13-/m1/s1. The normalized spacial score (nSPS) is 19.3. The Bertz CT molecular complexity index is 584. The van der Waals surface area contributed by atoms with Gasteiger partial charge in [0, 0.05) is 19.8 Å². The van der Waals surface area contributed by atoms with Crippen LogP contribution in [0, 0.1) is 0 Å². The van der Waals surface area contributed by atoms with Crippen LogP contribution in [0.15, 0.2) is 41.5 Å². The maximum atomic E-state index is 12.1. The number of aliphatic imine (C=N–C) groups is 1. The molecule has 1 heterocycles. The van der Waals surface area contributed by atoms with Gasteiger partial charge in [0.15, 0.2) is 5.17 Å². The molecule has 1 aliphatic rings. The SMILES string of the molecule is C=C1NNC(=Nc2ccc(OCC)cc2)S[C@H]1C(=O)N(C)C. The summed E-state index contributed by atoms with van der Waals surface area (Å²) in [6.45, 7) is 6.43. The molecule has 7 heteroatoms. The average molecular weight is 320 g/mol. The lowest BCUT2D eigenvalue weighted by Gasteiger charge is -2.28. The van der Waals surface area contributed by atoms with Gasteiger partial charge in [0.05, 0.1) is 12.3 Å².